The van der Waals surface area contributed by atoms with E-state index in [2.05, 4.69) is 27.1 Å². The number of nitrogens with one attached hydrogen (secondary N) is 1. The third-order valence-corrected chi connectivity index (χ3v) is 2.43. The highest BCUT2D eigenvalue weighted by molar-refractivity contribution is 5.92. The number of anilines is 1. The van der Waals surface area contributed by atoms with Gasteiger partial charge < -0.3 is 15.6 Å². The zero-order valence-corrected chi connectivity index (χ0v) is 10.2. The summed E-state index contributed by atoms with van der Waals surface area (Å²) >= 11 is 0. The molecule has 0 aromatic carbocycles. The highest BCUT2D eigenvalue weighted by Gasteiger charge is 2.09. The summed E-state index contributed by atoms with van der Waals surface area (Å²) in [4.78, 5) is 18.8. The predicted octanol–water partition coefficient (Wildman–Crippen LogP) is 0.0381. The van der Waals surface area contributed by atoms with Gasteiger partial charge in [0.1, 0.15) is 17.8 Å². The summed E-state index contributed by atoms with van der Waals surface area (Å²) < 4.78 is 1.84. The molecule has 0 aliphatic rings. The van der Waals surface area contributed by atoms with Crippen molar-refractivity contribution in [3.8, 4) is 11.8 Å². The van der Waals surface area contributed by atoms with Crippen molar-refractivity contribution < 1.29 is 4.79 Å². The average Bonchev–Trinajstić information content (AvgIpc) is 2.63. The normalized spacial score (nSPS) is 9.89. The van der Waals surface area contributed by atoms with Gasteiger partial charge in [-0.25, -0.2) is 9.97 Å². The van der Waals surface area contributed by atoms with Gasteiger partial charge >= 0.3 is 0 Å². The Morgan fingerprint density at radius 3 is 3.06 bits per heavy atom. The van der Waals surface area contributed by atoms with Gasteiger partial charge in [-0.1, -0.05) is 11.8 Å². The van der Waals surface area contributed by atoms with Gasteiger partial charge in [0, 0.05) is 20.2 Å². The van der Waals surface area contributed by atoms with Crippen molar-refractivity contribution in [2.45, 2.75) is 6.92 Å². The van der Waals surface area contributed by atoms with Crippen LogP contribution in [0, 0.1) is 11.8 Å². The van der Waals surface area contributed by atoms with Gasteiger partial charge in [-0.15, -0.1) is 0 Å². The van der Waals surface area contributed by atoms with Gasteiger partial charge in [0.05, 0.1) is 17.5 Å². The third-order valence-electron chi connectivity index (χ3n) is 2.43. The van der Waals surface area contributed by atoms with Gasteiger partial charge in [-0.05, 0) is 0 Å². The SMILES string of the molecule is CC(=O)NCC#Cc1cn(C)c2ncnc(N)c12. The molecule has 1 amide bonds. The average molecular weight is 243 g/mol. The molecule has 18 heavy (non-hydrogen) atoms. The minimum Gasteiger partial charge on any atom is -0.383 e. The highest BCUT2D eigenvalue weighted by atomic mass is 16.1. The topological polar surface area (TPSA) is 85.8 Å². The summed E-state index contributed by atoms with van der Waals surface area (Å²) in [6.45, 7) is 1.75. The van der Waals surface area contributed by atoms with Crippen molar-refractivity contribution in [3.05, 3.63) is 18.1 Å². The number of aryl methyl sites for hydroxylation is 1. The first-order valence-corrected chi connectivity index (χ1v) is 5.38. The lowest BCUT2D eigenvalue weighted by Crippen LogP contribution is -2.19. The number of carbonyl (C=O) groups excluding carboxylic acids is 1. The molecule has 2 rings (SSSR count). The smallest absolute Gasteiger partial charge is 0.217 e. The molecule has 2 aromatic heterocycles. The first-order chi connectivity index (χ1) is 8.59. The summed E-state index contributed by atoms with van der Waals surface area (Å²) in [7, 11) is 1.87. The van der Waals surface area contributed by atoms with E-state index in [1.807, 2.05) is 17.8 Å². The molecule has 6 nitrogen and oxygen atoms in total. The predicted molar refractivity (Wildman–Crippen MR) is 68.5 cm³/mol. The van der Waals surface area contributed by atoms with Crippen LogP contribution in [0.25, 0.3) is 11.0 Å². The van der Waals surface area contributed by atoms with E-state index in [9.17, 15) is 4.79 Å². The van der Waals surface area contributed by atoms with E-state index in [1.165, 1.54) is 13.3 Å². The van der Waals surface area contributed by atoms with Gasteiger partial charge in [-0.3, -0.25) is 4.79 Å². The Morgan fingerprint density at radius 2 is 2.33 bits per heavy atom. The Labute approximate surface area is 104 Å². The number of aromatic nitrogens is 3. The molecule has 0 saturated carbocycles. The Morgan fingerprint density at radius 1 is 1.56 bits per heavy atom. The van der Waals surface area contributed by atoms with Gasteiger partial charge in [0.25, 0.3) is 0 Å². The number of hydrogen-bond acceptors (Lipinski definition) is 4. The van der Waals surface area contributed by atoms with Crippen LogP contribution in [-0.4, -0.2) is 27.0 Å². The van der Waals surface area contributed by atoms with Crippen LogP contribution in [0.15, 0.2) is 12.5 Å². The van der Waals surface area contributed by atoms with Crippen molar-refractivity contribution in [2.24, 2.45) is 7.05 Å². The maximum atomic E-state index is 10.7. The van der Waals surface area contributed by atoms with Crippen molar-refractivity contribution in [3.63, 3.8) is 0 Å². The Kier molecular flexibility index (Phi) is 3.15. The Balaban J connectivity index is 2.37. The molecule has 0 aliphatic carbocycles. The number of carbonyl (C=O) groups is 1. The number of nitrogens with zero attached hydrogens (tertiary/aromatic N) is 3. The first kappa shape index (κ1) is 11.9. The number of nitrogens with two attached hydrogens (primary N) is 1. The molecule has 0 bridgehead atoms. The third kappa shape index (κ3) is 2.25. The molecule has 92 valence electrons. The Hall–Kier alpha value is -2.55. The highest BCUT2D eigenvalue weighted by Crippen LogP contribution is 2.21. The number of rotatable bonds is 1. The van der Waals surface area contributed by atoms with Crippen LogP contribution >= 0.6 is 0 Å². The second-order valence-corrected chi connectivity index (χ2v) is 3.82. The van der Waals surface area contributed by atoms with Crippen LogP contribution in [0.5, 0.6) is 0 Å². The van der Waals surface area contributed by atoms with E-state index in [0.29, 0.717) is 12.4 Å². The first-order valence-electron chi connectivity index (χ1n) is 5.38. The number of fused-ring (bicyclic) bond motifs is 1. The largest absolute Gasteiger partial charge is 0.383 e. The Bertz CT molecular complexity index is 662. The maximum Gasteiger partial charge on any atom is 0.217 e. The summed E-state index contributed by atoms with van der Waals surface area (Å²) in [5.41, 5.74) is 7.32. The van der Waals surface area contributed by atoms with E-state index in [4.69, 9.17) is 5.73 Å². The fourth-order valence-corrected chi connectivity index (χ4v) is 1.64. The number of amides is 1. The van der Waals surface area contributed by atoms with E-state index < -0.39 is 0 Å². The van der Waals surface area contributed by atoms with Crippen molar-refractivity contribution >= 4 is 22.8 Å². The lowest BCUT2D eigenvalue weighted by atomic mass is 10.2. The van der Waals surface area contributed by atoms with Crippen molar-refractivity contribution in [1.29, 1.82) is 0 Å². The van der Waals surface area contributed by atoms with Gasteiger partial charge in [0.2, 0.25) is 5.91 Å². The standard InChI is InChI=1S/C12H13N5O/c1-8(18)14-5-3-4-9-6-17(2)12-10(9)11(13)15-7-16-12/h6-7H,5H2,1-2H3,(H,14,18)(H2,13,15,16). The van der Waals surface area contributed by atoms with Crippen molar-refractivity contribution in [2.75, 3.05) is 12.3 Å². The number of nitrogen functional groups attached to an aromatic ring is 1. The van der Waals surface area contributed by atoms with E-state index in [1.54, 1.807) is 0 Å². The molecule has 3 N–H and O–H groups in total. The van der Waals surface area contributed by atoms with Crippen LogP contribution in [-0.2, 0) is 11.8 Å². The maximum absolute atomic E-state index is 10.7. The van der Waals surface area contributed by atoms with Crippen LogP contribution in [0.4, 0.5) is 5.82 Å². The summed E-state index contributed by atoms with van der Waals surface area (Å²) in [5.74, 6) is 6.12. The summed E-state index contributed by atoms with van der Waals surface area (Å²) in [6.07, 6.45) is 3.27. The fourth-order valence-electron chi connectivity index (χ4n) is 1.64. The quantitative estimate of drug-likeness (QED) is 0.692. The molecule has 0 radical (unpaired) electrons. The van der Waals surface area contributed by atoms with Crippen molar-refractivity contribution in [1.82, 2.24) is 19.9 Å². The van der Waals surface area contributed by atoms with E-state index in [-0.39, 0.29) is 5.91 Å². The van der Waals surface area contributed by atoms with Crippen LogP contribution in [0.1, 0.15) is 12.5 Å². The number of hydrogen-bond donors (Lipinski definition) is 2. The molecule has 2 heterocycles. The lowest BCUT2D eigenvalue weighted by molar-refractivity contribution is -0.118. The molecule has 0 fully saturated rings. The monoisotopic (exact) mass is 243 g/mol. The molecular weight excluding hydrogens is 230 g/mol. The molecule has 6 heteroatoms. The summed E-state index contributed by atoms with van der Waals surface area (Å²) in [6, 6.07) is 0. The molecule has 2 aromatic rings. The second-order valence-electron chi connectivity index (χ2n) is 3.82. The van der Waals surface area contributed by atoms with Crippen LogP contribution in [0.2, 0.25) is 0 Å². The summed E-state index contributed by atoms with van der Waals surface area (Å²) in [5, 5.41) is 3.35. The fraction of sp³-hybridized carbons (Fsp3) is 0.250. The van der Waals surface area contributed by atoms with Gasteiger partial charge in [0.15, 0.2) is 0 Å². The molecule has 0 unspecified atom stereocenters. The van der Waals surface area contributed by atoms with E-state index >= 15 is 0 Å². The molecule has 0 saturated heterocycles. The zero-order chi connectivity index (χ0) is 13.1. The minimum absolute atomic E-state index is 0.106. The van der Waals surface area contributed by atoms with E-state index in [0.717, 1.165) is 16.6 Å². The van der Waals surface area contributed by atoms with Crippen LogP contribution < -0.4 is 11.1 Å². The lowest BCUT2D eigenvalue weighted by Gasteiger charge is -1.96. The van der Waals surface area contributed by atoms with Crippen LogP contribution in [0.3, 0.4) is 0 Å². The molecule has 0 spiro atoms. The molecule has 0 atom stereocenters. The second kappa shape index (κ2) is 4.75. The minimum atomic E-state index is -0.106. The zero-order valence-electron chi connectivity index (χ0n) is 10.2. The molecular formula is C12H13N5O. The van der Waals surface area contributed by atoms with Gasteiger partial charge in [-0.2, -0.15) is 0 Å². The molecule has 0 aliphatic heterocycles.